The van der Waals surface area contributed by atoms with Crippen LogP contribution in [0.1, 0.15) is 63.4 Å². The summed E-state index contributed by atoms with van der Waals surface area (Å²) in [6, 6.07) is 15.7. The molecule has 0 saturated carbocycles. The number of alkyl halides is 2. The van der Waals surface area contributed by atoms with Gasteiger partial charge >= 0.3 is 0 Å². The summed E-state index contributed by atoms with van der Waals surface area (Å²) in [5.74, 6) is 1.01. The minimum atomic E-state index is -2.80. The second kappa shape index (κ2) is 12.9. The summed E-state index contributed by atoms with van der Waals surface area (Å²) in [6.45, 7) is 8.72. The highest BCUT2D eigenvalue weighted by Gasteiger charge is 2.28. The molecule has 4 heterocycles. The smallest absolute Gasteiger partial charge is 0.296 e. The molecular weight excluding hydrogens is 550 g/mol. The average molecular weight is 593 g/mol. The van der Waals surface area contributed by atoms with Gasteiger partial charge in [-0.2, -0.15) is 15.0 Å². The van der Waals surface area contributed by atoms with Crippen molar-refractivity contribution in [2.45, 2.75) is 58.4 Å². The fourth-order valence-electron chi connectivity index (χ4n) is 6.05. The summed E-state index contributed by atoms with van der Waals surface area (Å²) in [4.78, 5) is 22.8. The summed E-state index contributed by atoms with van der Waals surface area (Å²) in [5, 5.41) is 3.53. The van der Waals surface area contributed by atoms with Crippen molar-refractivity contribution in [1.82, 2.24) is 29.4 Å². The van der Waals surface area contributed by atoms with Crippen molar-refractivity contribution in [1.29, 1.82) is 0 Å². The summed E-state index contributed by atoms with van der Waals surface area (Å²) < 4.78 is 35.3. The Hall–Kier alpha value is -3.70. The fourth-order valence-corrected chi connectivity index (χ4v) is 6.05. The van der Waals surface area contributed by atoms with Crippen LogP contribution in [0.5, 0.6) is 0 Å². The lowest BCUT2D eigenvalue weighted by molar-refractivity contribution is 0.122. The van der Waals surface area contributed by atoms with Crippen LogP contribution in [0, 0.1) is 0 Å². The lowest BCUT2D eigenvalue weighted by Crippen LogP contribution is -2.39. The number of para-hydroxylation sites is 2. The van der Waals surface area contributed by atoms with Gasteiger partial charge in [0.25, 0.3) is 6.43 Å². The van der Waals surface area contributed by atoms with Gasteiger partial charge in [-0.3, -0.25) is 4.57 Å². The summed E-state index contributed by atoms with van der Waals surface area (Å²) in [7, 11) is 2.18. The van der Waals surface area contributed by atoms with Crippen LogP contribution >= 0.6 is 0 Å². The molecule has 6 rings (SSSR count). The molecule has 2 aromatic heterocycles. The maximum atomic E-state index is 14.2. The maximum absolute atomic E-state index is 14.2. The van der Waals surface area contributed by atoms with Crippen molar-refractivity contribution in [2.75, 3.05) is 56.7 Å². The van der Waals surface area contributed by atoms with Crippen molar-refractivity contribution in [3.63, 3.8) is 0 Å². The van der Waals surface area contributed by atoms with Crippen LogP contribution in [0.3, 0.4) is 0 Å². The first-order valence-corrected chi connectivity index (χ1v) is 14.7. The molecule has 0 atom stereocenters. The second-order valence-corrected chi connectivity index (χ2v) is 11.9. The molecule has 0 bridgehead atoms. The lowest BCUT2D eigenvalue weighted by Gasteiger charge is -2.33. The van der Waals surface area contributed by atoms with Crippen LogP contribution in [0.2, 0.25) is 0 Å². The quantitative estimate of drug-likeness (QED) is 0.272. The molecule has 2 aliphatic rings. The van der Waals surface area contributed by atoms with Gasteiger partial charge < -0.3 is 19.9 Å². The number of benzene rings is 2. The number of hydrogen-bond acceptors (Lipinski definition) is 8. The van der Waals surface area contributed by atoms with Gasteiger partial charge in [0.2, 0.25) is 17.8 Å². The third-order valence-electron chi connectivity index (χ3n) is 8.18. The topological polar surface area (TPSA) is 84.2 Å². The van der Waals surface area contributed by atoms with Crippen molar-refractivity contribution >= 4 is 22.9 Å². The lowest BCUT2D eigenvalue weighted by atomic mass is 9.83. The molecule has 0 radical (unpaired) electrons. The van der Waals surface area contributed by atoms with Crippen molar-refractivity contribution in [3.8, 4) is 5.95 Å². The number of hydrogen-bond donors (Lipinski definition) is 1. The van der Waals surface area contributed by atoms with E-state index >= 15 is 0 Å². The molecule has 1 N–H and O–H groups in total. The van der Waals surface area contributed by atoms with Crippen LogP contribution in [0.4, 0.5) is 20.7 Å². The number of ether oxygens (including phenoxy) is 1. The van der Waals surface area contributed by atoms with Crippen LogP contribution in [0.25, 0.3) is 17.0 Å². The number of aromatic nitrogens is 5. The maximum Gasteiger partial charge on any atom is 0.296 e. The highest BCUT2D eigenvalue weighted by molar-refractivity contribution is 5.77. The number of halogens is 2. The average Bonchev–Trinajstić information content (AvgIpc) is 3.38. The van der Waals surface area contributed by atoms with Gasteiger partial charge in [0.1, 0.15) is 0 Å². The zero-order valence-electron chi connectivity index (χ0n) is 24.4. The van der Waals surface area contributed by atoms with E-state index in [1.165, 1.54) is 15.7 Å². The summed E-state index contributed by atoms with van der Waals surface area (Å²) in [5.41, 5.74) is 3.24. The van der Waals surface area contributed by atoms with E-state index in [-0.39, 0.29) is 13.4 Å². The molecule has 0 spiro atoms. The Balaban J connectivity index is 0.00000368. The zero-order chi connectivity index (χ0) is 29.3. The predicted molar refractivity (Wildman–Crippen MR) is 166 cm³/mol. The third-order valence-corrected chi connectivity index (χ3v) is 8.18. The number of nitrogens with zero attached hydrogens (tertiary/aromatic N) is 7. The zero-order valence-corrected chi connectivity index (χ0v) is 24.4. The van der Waals surface area contributed by atoms with Crippen LogP contribution < -0.4 is 10.2 Å². The standard InChI is InChI=1S/C31H38F2N8O.CH4/c1-31(2,20-22-8-4-5-9-23(22)21-12-14-39(3)15-13-21)38-28-35-29(40-16-18-42-19-17-40)37-30(36-28)41-25-11-7-6-10-24(25)34-27(41)26(32)33;/h4-11,21,26H,12-20H2,1-3H3,(H,35,36,37,38);1H4. The minimum absolute atomic E-state index is 0. The van der Waals surface area contributed by atoms with E-state index in [1.54, 1.807) is 24.3 Å². The Morgan fingerprint density at radius 2 is 1.58 bits per heavy atom. The first-order valence-electron chi connectivity index (χ1n) is 14.7. The molecule has 43 heavy (non-hydrogen) atoms. The van der Waals surface area contributed by atoms with E-state index in [1.807, 2.05) is 4.90 Å². The summed E-state index contributed by atoms with van der Waals surface area (Å²) >= 11 is 0. The Morgan fingerprint density at radius 3 is 2.33 bits per heavy atom. The highest BCUT2D eigenvalue weighted by atomic mass is 19.3. The van der Waals surface area contributed by atoms with E-state index in [0.717, 1.165) is 32.4 Å². The largest absolute Gasteiger partial charge is 0.378 e. The monoisotopic (exact) mass is 592 g/mol. The Labute approximate surface area is 252 Å². The molecule has 2 aliphatic heterocycles. The van der Waals surface area contributed by atoms with Gasteiger partial charge in [-0.05, 0) is 82.4 Å². The van der Waals surface area contributed by atoms with E-state index in [9.17, 15) is 8.78 Å². The molecule has 230 valence electrons. The van der Waals surface area contributed by atoms with Gasteiger partial charge in [0, 0.05) is 18.6 Å². The minimum Gasteiger partial charge on any atom is -0.378 e. The van der Waals surface area contributed by atoms with Crippen molar-refractivity contribution in [3.05, 3.63) is 65.5 Å². The molecule has 0 aliphatic carbocycles. The normalized spacial score (nSPS) is 16.9. The van der Waals surface area contributed by atoms with Gasteiger partial charge in [-0.15, -0.1) is 0 Å². The van der Waals surface area contributed by atoms with Crippen LogP contribution in [0.15, 0.2) is 48.5 Å². The number of likely N-dealkylation sites (tertiary alicyclic amines) is 1. The van der Waals surface area contributed by atoms with E-state index < -0.39 is 17.8 Å². The first kappa shape index (κ1) is 30.7. The molecule has 0 amide bonds. The SMILES string of the molecule is C.CN1CCC(c2ccccc2CC(C)(C)Nc2nc(N3CCOCC3)nc(-n3c(C(F)F)nc4ccccc43)n2)CC1. The number of imidazole rings is 1. The molecular formula is C32H42F2N8O. The molecule has 4 aromatic rings. The Kier molecular flexibility index (Phi) is 9.22. The number of fused-ring (bicyclic) bond motifs is 1. The van der Waals surface area contributed by atoms with E-state index in [4.69, 9.17) is 14.7 Å². The third kappa shape index (κ3) is 6.78. The second-order valence-electron chi connectivity index (χ2n) is 11.9. The van der Waals surface area contributed by atoms with E-state index in [2.05, 4.69) is 65.3 Å². The van der Waals surface area contributed by atoms with Gasteiger partial charge in [-0.1, -0.05) is 43.8 Å². The molecule has 0 unspecified atom stereocenters. The van der Waals surface area contributed by atoms with Crippen molar-refractivity contribution in [2.24, 2.45) is 0 Å². The number of rotatable bonds is 8. The van der Waals surface area contributed by atoms with E-state index in [0.29, 0.717) is 55.2 Å². The van der Waals surface area contributed by atoms with Gasteiger partial charge in [0.15, 0.2) is 5.82 Å². The van der Waals surface area contributed by atoms with Crippen LogP contribution in [-0.2, 0) is 11.2 Å². The molecule has 9 nitrogen and oxygen atoms in total. The summed E-state index contributed by atoms with van der Waals surface area (Å²) in [6.07, 6.45) is 0.239. The number of piperidine rings is 1. The molecule has 2 fully saturated rings. The fraction of sp³-hybridized carbons (Fsp3) is 0.500. The Bertz CT molecular complexity index is 1530. The first-order chi connectivity index (χ1) is 20.3. The van der Waals surface area contributed by atoms with Crippen molar-refractivity contribution < 1.29 is 13.5 Å². The number of nitrogens with one attached hydrogen (secondary N) is 1. The molecule has 2 aromatic carbocycles. The van der Waals surface area contributed by atoms with Crippen LogP contribution in [-0.4, -0.2) is 81.4 Å². The highest BCUT2D eigenvalue weighted by Crippen LogP contribution is 2.33. The number of morpholine rings is 1. The van der Waals surface area contributed by atoms with Gasteiger partial charge in [-0.25, -0.2) is 13.8 Å². The predicted octanol–water partition coefficient (Wildman–Crippen LogP) is 5.86. The number of anilines is 2. The molecule has 2 saturated heterocycles. The Morgan fingerprint density at radius 1 is 0.907 bits per heavy atom. The molecule has 11 heteroatoms. The van der Waals surface area contributed by atoms with Gasteiger partial charge in [0.05, 0.1) is 24.2 Å².